The van der Waals surface area contributed by atoms with Gasteiger partial charge in [-0.2, -0.15) is 4.31 Å². The Balaban J connectivity index is 1.32. The first-order chi connectivity index (χ1) is 15.5. The summed E-state index contributed by atoms with van der Waals surface area (Å²) >= 11 is 1.17. The summed E-state index contributed by atoms with van der Waals surface area (Å²) in [5, 5.41) is 4.65. The summed E-state index contributed by atoms with van der Waals surface area (Å²) in [5.41, 5.74) is 3.09. The van der Waals surface area contributed by atoms with E-state index in [0.717, 1.165) is 16.7 Å². The van der Waals surface area contributed by atoms with Crippen LogP contribution in [0.4, 0.5) is 0 Å². The zero-order valence-corrected chi connectivity index (χ0v) is 19.3. The minimum Gasteiger partial charge on any atom is -0.372 e. The van der Waals surface area contributed by atoms with Crippen LogP contribution in [0.2, 0.25) is 0 Å². The molecule has 32 heavy (non-hydrogen) atoms. The van der Waals surface area contributed by atoms with Crippen LogP contribution in [0, 0.1) is 0 Å². The standard InChI is InChI=1S/C24H26N2O4S2/c27-24(22-11-5-13-26(22)32(28,29)23-12-6-14-31-23)25-16-20-9-4-10-21(15-20)18-30-17-19-7-2-1-3-8-19/h1-4,6-10,12,14-15,22H,5,11,13,16-18H2,(H,25,27). The number of amides is 1. The highest BCUT2D eigenvalue weighted by Crippen LogP contribution is 2.28. The molecule has 2 heterocycles. The number of nitrogens with one attached hydrogen (secondary N) is 1. The number of rotatable bonds is 9. The smallest absolute Gasteiger partial charge is 0.253 e. The van der Waals surface area contributed by atoms with Crippen molar-refractivity contribution in [3.8, 4) is 0 Å². The highest BCUT2D eigenvalue weighted by molar-refractivity contribution is 7.91. The van der Waals surface area contributed by atoms with E-state index < -0.39 is 16.1 Å². The Bertz CT molecular complexity index is 1130. The fourth-order valence-corrected chi connectivity index (χ4v) is 6.59. The van der Waals surface area contributed by atoms with Crippen molar-refractivity contribution in [2.75, 3.05) is 6.54 Å². The molecule has 3 aromatic rings. The van der Waals surface area contributed by atoms with Gasteiger partial charge in [-0.3, -0.25) is 4.79 Å². The minimum atomic E-state index is -3.64. The molecule has 0 radical (unpaired) electrons. The summed E-state index contributed by atoms with van der Waals surface area (Å²) in [6, 6.07) is 20.5. The maximum absolute atomic E-state index is 12.9. The number of benzene rings is 2. The number of carbonyl (C=O) groups excluding carboxylic acids is 1. The quantitative estimate of drug-likeness (QED) is 0.514. The van der Waals surface area contributed by atoms with Crippen molar-refractivity contribution < 1.29 is 17.9 Å². The fourth-order valence-electron chi connectivity index (χ4n) is 3.81. The number of hydrogen-bond acceptors (Lipinski definition) is 5. The second-order valence-corrected chi connectivity index (χ2v) is 10.8. The van der Waals surface area contributed by atoms with E-state index in [2.05, 4.69) is 5.32 Å². The number of ether oxygens (including phenoxy) is 1. The first-order valence-corrected chi connectivity index (χ1v) is 12.9. The van der Waals surface area contributed by atoms with Gasteiger partial charge in [-0.05, 0) is 41.0 Å². The van der Waals surface area contributed by atoms with Crippen molar-refractivity contribution in [2.24, 2.45) is 0 Å². The largest absolute Gasteiger partial charge is 0.372 e. The van der Waals surface area contributed by atoms with Crippen LogP contribution in [0.25, 0.3) is 0 Å². The van der Waals surface area contributed by atoms with Crippen molar-refractivity contribution in [1.82, 2.24) is 9.62 Å². The van der Waals surface area contributed by atoms with Gasteiger partial charge in [-0.25, -0.2) is 8.42 Å². The molecule has 0 spiro atoms. The summed E-state index contributed by atoms with van der Waals surface area (Å²) in [5.74, 6) is -0.256. The Morgan fingerprint density at radius 2 is 1.75 bits per heavy atom. The number of nitrogens with zero attached hydrogens (tertiary/aromatic N) is 1. The van der Waals surface area contributed by atoms with Gasteiger partial charge in [0, 0.05) is 13.1 Å². The molecule has 1 atom stereocenters. The molecule has 2 aromatic carbocycles. The van der Waals surface area contributed by atoms with Gasteiger partial charge in [0.15, 0.2) is 0 Å². The molecular weight excluding hydrogens is 444 g/mol. The third kappa shape index (κ3) is 5.45. The van der Waals surface area contributed by atoms with E-state index in [-0.39, 0.29) is 10.1 Å². The second-order valence-electron chi connectivity index (χ2n) is 7.72. The van der Waals surface area contributed by atoms with Crippen molar-refractivity contribution in [3.05, 3.63) is 88.8 Å². The first kappa shape index (κ1) is 22.7. The number of thiophene rings is 1. The molecule has 1 amide bonds. The molecule has 8 heteroatoms. The highest BCUT2D eigenvalue weighted by Gasteiger charge is 2.39. The van der Waals surface area contributed by atoms with Gasteiger partial charge < -0.3 is 10.1 Å². The van der Waals surface area contributed by atoms with Crippen molar-refractivity contribution in [1.29, 1.82) is 0 Å². The maximum atomic E-state index is 12.9. The minimum absolute atomic E-state index is 0.256. The van der Waals surface area contributed by atoms with Gasteiger partial charge in [0.1, 0.15) is 10.3 Å². The lowest BCUT2D eigenvalue weighted by molar-refractivity contribution is -0.124. The van der Waals surface area contributed by atoms with Gasteiger partial charge >= 0.3 is 0 Å². The van der Waals surface area contributed by atoms with Crippen LogP contribution in [0.1, 0.15) is 29.5 Å². The van der Waals surface area contributed by atoms with Gasteiger partial charge in [0.25, 0.3) is 10.0 Å². The number of hydrogen-bond donors (Lipinski definition) is 1. The highest BCUT2D eigenvalue weighted by atomic mass is 32.2. The third-order valence-corrected chi connectivity index (χ3v) is 8.68. The Morgan fingerprint density at radius 3 is 2.53 bits per heavy atom. The Kier molecular flexibility index (Phi) is 7.36. The molecule has 168 valence electrons. The van der Waals surface area contributed by atoms with Crippen LogP contribution in [0.5, 0.6) is 0 Å². The van der Waals surface area contributed by atoms with E-state index in [1.807, 2.05) is 54.6 Å². The number of carbonyl (C=O) groups is 1. The van der Waals surface area contributed by atoms with Gasteiger partial charge in [0.05, 0.1) is 13.2 Å². The summed E-state index contributed by atoms with van der Waals surface area (Å²) < 4.78 is 33.2. The molecule has 1 aliphatic rings. The van der Waals surface area contributed by atoms with Crippen LogP contribution in [-0.4, -0.2) is 31.2 Å². The molecule has 0 saturated carbocycles. The molecule has 1 aliphatic heterocycles. The molecule has 1 unspecified atom stereocenters. The summed E-state index contributed by atoms with van der Waals surface area (Å²) in [4.78, 5) is 12.8. The van der Waals surface area contributed by atoms with Gasteiger partial charge in [-0.15, -0.1) is 11.3 Å². The van der Waals surface area contributed by atoms with E-state index in [0.29, 0.717) is 39.1 Å². The SMILES string of the molecule is O=C(NCc1cccc(COCc2ccccc2)c1)C1CCCN1S(=O)(=O)c1cccs1. The van der Waals surface area contributed by atoms with E-state index in [9.17, 15) is 13.2 Å². The molecular formula is C24H26N2O4S2. The lowest BCUT2D eigenvalue weighted by Crippen LogP contribution is -2.45. The van der Waals surface area contributed by atoms with Crippen LogP contribution < -0.4 is 5.32 Å². The van der Waals surface area contributed by atoms with Gasteiger partial charge in [-0.1, -0.05) is 60.7 Å². The lowest BCUT2D eigenvalue weighted by atomic mass is 10.1. The summed E-state index contributed by atoms with van der Waals surface area (Å²) in [6.07, 6.45) is 1.21. The van der Waals surface area contributed by atoms with Crippen LogP contribution in [-0.2, 0) is 39.3 Å². The second kappa shape index (κ2) is 10.4. The molecule has 1 saturated heterocycles. The van der Waals surface area contributed by atoms with Crippen LogP contribution in [0.3, 0.4) is 0 Å². The normalized spacial score (nSPS) is 16.8. The predicted molar refractivity (Wildman–Crippen MR) is 124 cm³/mol. The lowest BCUT2D eigenvalue weighted by Gasteiger charge is -2.22. The van der Waals surface area contributed by atoms with E-state index in [1.165, 1.54) is 15.6 Å². The first-order valence-electron chi connectivity index (χ1n) is 10.6. The zero-order chi connectivity index (χ0) is 22.4. The third-order valence-electron chi connectivity index (χ3n) is 5.40. The summed E-state index contributed by atoms with van der Waals surface area (Å²) in [6.45, 7) is 1.73. The van der Waals surface area contributed by atoms with E-state index in [1.54, 1.807) is 17.5 Å². The van der Waals surface area contributed by atoms with E-state index in [4.69, 9.17) is 4.74 Å². The molecule has 1 fully saturated rings. The van der Waals surface area contributed by atoms with Crippen LogP contribution >= 0.6 is 11.3 Å². The van der Waals surface area contributed by atoms with Gasteiger partial charge in [0.2, 0.25) is 5.91 Å². The maximum Gasteiger partial charge on any atom is 0.253 e. The molecule has 4 rings (SSSR count). The Morgan fingerprint density at radius 1 is 1.00 bits per heavy atom. The monoisotopic (exact) mass is 470 g/mol. The van der Waals surface area contributed by atoms with Crippen LogP contribution in [0.15, 0.2) is 76.3 Å². The van der Waals surface area contributed by atoms with Crippen molar-refractivity contribution >= 4 is 27.3 Å². The summed E-state index contributed by atoms with van der Waals surface area (Å²) in [7, 11) is -3.64. The molecule has 1 N–H and O–H groups in total. The average Bonchev–Trinajstić information content (AvgIpc) is 3.52. The fraction of sp³-hybridized carbons (Fsp3) is 0.292. The van der Waals surface area contributed by atoms with Crippen molar-refractivity contribution in [3.63, 3.8) is 0 Å². The Hall–Kier alpha value is -2.52. The molecule has 0 aliphatic carbocycles. The van der Waals surface area contributed by atoms with Crippen molar-refractivity contribution in [2.45, 2.75) is 42.9 Å². The Labute approximate surface area is 192 Å². The predicted octanol–water partition coefficient (Wildman–Crippen LogP) is 3.93. The number of sulfonamides is 1. The average molecular weight is 471 g/mol. The topological polar surface area (TPSA) is 75.7 Å². The molecule has 1 aromatic heterocycles. The molecule has 0 bridgehead atoms. The zero-order valence-electron chi connectivity index (χ0n) is 17.6. The molecule has 6 nitrogen and oxygen atoms in total. The van der Waals surface area contributed by atoms with E-state index >= 15 is 0 Å².